The lowest BCUT2D eigenvalue weighted by atomic mass is 10.1. The van der Waals surface area contributed by atoms with Gasteiger partial charge in [-0.15, -0.1) is 11.3 Å². The fourth-order valence-corrected chi connectivity index (χ4v) is 2.55. The molecule has 3 nitrogen and oxygen atoms in total. The average molecular weight is 292 g/mol. The first kappa shape index (κ1) is 12.7. The maximum atomic E-state index is 10.7. The monoisotopic (exact) mass is 291 g/mol. The molecule has 0 aliphatic carbocycles. The molecule has 0 amide bonds. The number of halogens is 1. The Morgan fingerprint density at radius 1 is 1.73 bits per heavy atom. The number of rotatable bonds is 5. The van der Waals surface area contributed by atoms with Gasteiger partial charge in [-0.05, 0) is 40.0 Å². The number of thiophene rings is 1. The van der Waals surface area contributed by atoms with Crippen molar-refractivity contribution in [3.8, 4) is 0 Å². The standard InChI is InChI=1S/C10H14BrNO2S/c1-7(10(13)14)4-12(2)5-8-3-9(11)15-6-8/h3,6-7H,4-5H2,1-2H3,(H,13,14). The lowest BCUT2D eigenvalue weighted by Crippen LogP contribution is -2.28. The molecule has 1 heterocycles. The predicted octanol–water partition coefficient (Wildman–Crippen LogP) is 2.66. The van der Waals surface area contributed by atoms with E-state index in [1.165, 1.54) is 5.56 Å². The molecule has 1 aromatic heterocycles. The van der Waals surface area contributed by atoms with Gasteiger partial charge >= 0.3 is 5.97 Å². The minimum absolute atomic E-state index is 0.322. The Morgan fingerprint density at radius 3 is 2.87 bits per heavy atom. The van der Waals surface area contributed by atoms with E-state index < -0.39 is 5.97 Å². The Hall–Kier alpha value is -0.390. The van der Waals surface area contributed by atoms with Gasteiger partial charge in [-0.3, -0.25) is 4.79 Å². The molecule has 0 radical (unpaired) electrons. The fraction of sp³-hybridized carbons (Fsp3) is 0.500. The van der Waals surface area contributed by atoms with E-state index in [9.17, 15) is 4.79 Å². The first-order valence-electron chi connectivity index (χ1n) is 4.63. The second-order valence-corrected chi connectivity index (χ2v) is 5.99. The van der Waals surface area contributed by atoms with Crippen LogP contribution in [0.25, 0.3) is 0 Å². The Bertz CT molecular complexity index is 340. The first-order chi connectivity index (χ1) is 6.99. The van der Waals surface area contributed by atoms with Crippen LogP contribution in [0.1, 0.15) is 12.5 Å². The summed E-state index contributed by atoms with van der Waals surface area (Å²) >= 11 is 5.05. The second-order valence-electron chi connectivity index (χ2n) is 3.70. The van der Waals surface area contributed by atoms with E-state index in [0.29, 0.717) is 6.54 Å². The van der Waals surface area contributed by atoms with Gasteiger partial charge in [0.15, 0.2) is 0 Å². The largest absolute Gasteiger partial charge is 0.481 e. The smallest absolute Gasteiger partial charge is 0.307 e. The van der Waals surface area contributed by atoms with Gasteiger partial charge in [0.1, 0.15) is 0 Å². The zero-order chi connectivity index (χ0) is 11.4. The first-order valence-corrected chi connectivity index (χ1v) is 6.30. The fourth-order valence-electron chi connectivity index (χ4n) is 1.35. The van der Waals surface area contributed by atoms with Gasteiger partial charge in [0, 0.05) is 13.1 Å². The van der Waals surface area contributed by atoms with Gasteiger partial charge in [-0.1, -0.05) is 6.92 Å². The molecule has 15 heavy (non-hydrogen) atoms. The Kier molecular flexibility index (Phi) is 4.76. The van der Waals surface area contributed by atoms with E-state index in [0.717, 1.165) is 10.3 Å². The van der Waals surface area contributed by atoms with E-state index in [2.05, 4.69) is 27.4 Å². The number of hydrogen-bond acceptors (Lipinski definition) is 3. The molecule has 5 heteroatoms. The van der Waals surface area contributed by atoms with Crippen molar-refractivity contribution in [2.24, 2.45) is 5.92 Å². The van der Waals surface area contributed by atoms with Gasteiger partial charge in [0.25, 0.3) is 0 Å². The summed E-state index contributed by atoms with van der Waals surface area (Å²) in [6.07, 6.45) is 0. The molecule has 0 aliphatic rings. The van der Waals surface area contributed by atoms with E-state index in [1.54, 1.807) is 18.3 Å². The highest BCUT2D eigenvalue weighted by Gasteiger charge is 2.13. The van der Waals surface area contributed by atoms with E-state index in [4.69, 9.17) is 5.11 Å². The van der Waals surface area contributed by atoms with E-state index in [1.807, 2.05) is 11.9 Å². The van der Waals surface area contributed by atoms with Crippen molar-refractivity contribution in [3.63, 3.8) is 0 Å². The second kappa shape index (κ2) is 5.63. The normalized spacial score (nSPS) is 13.1. The maximum absolute atomic E-state index is 10.7. The molecule has 1 N–H and O–H groups in total. The van der Waals surface area contributed by atoms with E-state index in [-0.39, 0.29) is 5.92 Å². The maximum Gasteiger partial charge on any atom is 0.307 e. The van der Waals surface area contributed by atoms with Crippen LogP contribution in [0, 0.1) is 5.92 Å². The van der Waals surface area contributed by atoms with Crippen LogP contribution in [0.2, 0.25) is 0 Å². The van der Waals surface area contributed by atoms with Gasteiger partial charge in [0.05, 0.1) is 9.70 Å². The Morgan fingerprint density at radius 2 is 2.40 bits per heavy atom. The van der Waals surface area contributed by atoms with E-state index >= 15 is 0 Å². The molecule has 1 atom stereocenters. The molecule has 1 unspecified atom stereocenters. The minimum Gasteiger partial charge on any atom is -0.481 e. The SMILES string of the molecule is CC(CN(C)Cc1csc(Br)c1)C(=O)O. The summed E-state index contributed by atoms with van der Waals surface area (Å²) in [5.41, 5.74) is 1.21. The predicted molar refractivity (Wildman–Crippen MR) is 65.2 cm³/mol. The molecule has 0 aliphatic heterocycles. The average Bonchev–Trinajstić information content (AvgIpc) is 2.50. The summed E-state index contributed by atoms with van der Waals surface area (Å²) in [7, 11) is 1.94. The van der Waals surface area contributed by atoms with Crippen LogP contribution in [0.15, 0.2) is 15.2 Å². The summed E-state index contributed by atoms with van der Waals surface area (Å²) in [4.78, 5) is 12.7. The minimum atomic E-state index is -0.742. The van der Waals surface area contributed by atoms with Crippen molar-refractivity contribution in [3.05, 3.63) is 20.8 Å². The highest BCUT2D eigenvalue weighted by Crippen LogP contribution is 2.21. The molecule has 0 aromatic carbocycles. The molecule has 0 saturated heterocycles. The van der Waals surface area contributed by atoms with Gasteiger partial charge in [0.2, 0.25) is 0 Å². The molecular weight excluding hydrogens is 278 g/mol. The third-order valence-corrected chi connectivity index (χ3v) is 3.63. The third-order valence-electron chi connectivity index (χ3n) is 2.08. The summed E-state index contributed by atoms with van der Waals surface area (Å²) in [6, 6.07) is 2.06. The molecule has 84 valence electrons. The van der Waals surface area contributed by atoms with Crippen LogP contribution < -0.4 is 0 Å². The van der Waals surface area contributed by atoms with Crippen LogP contribution >= 0.6 is 27.3 Å². The number of carbonyl (C=O) groups is 1. The summed E-state index contributed by atoms with van der Waals surface area (Å²) < 4.78 is 1.11. The summed E-state index contributed by atoms with van der Waals surface area (Å²) in [6.45, 7) is 3.09. The molecule has 1 aromatic rings. The van der Waals surface area contributed by atoms with Gasteiger partial charge in [-0.2, -0.15) is 0 Å². The quantitative estimate of drug-likeness (QED) is 0.907. The topological polar surface area (TPSA) is 40.5 Å². The molecule has 0 bridgehead atoms. The lowest BCUT2D eigenvalue weighted by Gasteiger charge is -2.18. The highest BCUT2D eigenvalue weighted by atomic mass is 79.9. The number of aliphatic carboxylic acids is 1. The zero-order valence-electron chi connectivity index (χ0n) is 8.74. The molecule has 1 rings (SSSR count). The van der Waals surface area contributed by atoms with Crippen molar-refractivity contribution in [1.29, 1.82) is 0 Å². The van der Waals surface area contributed by atoms with Gasteiger partial charge < -0.3 is 10.0 Å². The highest BCUT2D eigenvalue weighted by molar-refractivity contribution is 9.11. The number of carboxylic acids is 1. The summed E-state index contributed by atoms with van der Waals surface area (Å²) in [5.74, 6) is -1.06. The zero-order valence-corrected chi connectivity index (χ0v) is 11.1. The molecular formula is C10H14BrNO2S. The van der Waals surface area contributed by atoms with Crippen molar-refractivity contribution in [2.45, 2.75) is 13.5 Å². The van der Waals surface area contributed by atoms with Crippen molar-refractivity contribution >= 4 is 33.2 Å². The Balaban J connectivity index is 2.42. The summed E-state index contributed by atoms with van der Waals surface area (Å²) in [5, 5.41) is 10.8. The number of hydrogen-bond donors (Lipinski definition) is 1. The number of carboxylic acid groups (broad SMARTS) is 1. The van der Waals surface area contributed by atoms with Crippen LogP contribution in [0.3, 0.4) is 0 Å². The molecule has 0 fully saturated rings. The number of nitrogens with zero attached hydrogens (tertiary/aromatic N) is 1. The van der Waals surface area contributed by atoms with Crippen LogP contribution in [0.5, 0.6) is 0 Å². The van der Waals surface area contributed by atoms with Crippen LogP contribution in [-0.4, -0.2) is 29.6 Å². The lowest BCUT2D eigenvalue weighted by molar-refractivity contribution is -0.141. The van der Waals surface area contributed by atoms with Crippen molar-refractivity contribution in [1.82, 2.24) is 4.90 Å². The Labute approximate surface area is 102 Å². The van der Waals surface area contributed by atoms with Gasteiger partial charge in [-0.25, -0.2) is 0 Å². The van der Waals surface area contributed by atoms with Crippen LogP contribution in [-0.2, 0) is 11.3 Å². The van der Waals surface area contributed by atoms with Crippen molar-refractivity contribution in [2.75, 3.05) is 13.6 Å². The van der Waals surface area contributed by atoms with Crippen molar-refractivity contribution < 1.29 is 9.90 Å². The molecule has 0 spiro atoms. The third kappa shape index (κ3) is 4.32. The van der Waals surface area contributed by atoms with Crippen LogP contribution in [0.4, 0.5) is 0 Å². The molecule has 0 saturated carbocycles.